The van der Waals surface area contributed by atoms with E-state index in [9.17, 15) is 8.78 Å². The van der Waals surface area contributed by atoms with Crippen LogP contribution in [0.4, 0.5) is 8.78 Å². The monoisotopic (exact) mass is 222 g/mol. The van der Waals surface area contributed by atoms with Gasteiger partial charge >= 0.3 is 0 Å². The van der Waals surface area contributed by atoms with Gasteiger partial charge in [-0.3, -0.25) is 0 Å². The van der Waals surface area contributed by atoms with E-state index in [1.54, 1.807) is 0 Å². The second-order valence-corrected chi connectivity index (χ2v) is 3.47. The molecule has 1 rings (SSSR count). The molecule has 0 fully saturated rings. The van der Waals surface area contributed by atoms with Gasteiger partial charge in [-0.05, 0) is 30.7 Å². The largest absolute Gasteiger partial charge is 0.207 e. The molecule has 72 valence electrons. The van der Waals surface area contributed by atoms with Crippen molar-refractivity contribution in [2.75, 3.05) is 5.75 Å². The van der Waals surface area contributed by atoms with Crippen LogP contribution >= 0.6 is 24.2 Å². The van der Waals surface area contributed by atoms with E-state index in [1.165, 1.54) is 0 Å². The van der Waals surface area contributed by atoms with Crippen molar-refractivity contribution in [1.29, 1.82) is 0 Å². The molecule has 0 spiro atoms. The highest BCUT2D eigenvalue weighted by Gasteiger charge is 2.10. The number of hydrogen-bond acceptors (Lipinski definition) is 1. The Labute approximate surface area is 86.3 Å². The summed E-state index contributed by atoms with van der Waals surface area (Å²) in [7, 11) is 0. The first-order chi connectivity index (χ1) is 6.16. The summed E-state index contributed by atoms with van der Waals surface area (Å²) in [5.41, 5.74) is 0.246. The van der Waals surface area contributed by atoms with Crippen molar-refractivity contribution in [3.63, 3.8) is 0 Å². The van der Waals surface area contributed by atoms with Crippen LogP contribution in [0.5, 0.6) is 0 Å². The summed E-state index contributed by atoms with van der Waals surface area (Å²) in [4.78, 5) is 0. The van der Waals surface area contributed by atoms with E-state index in [-0.39, 0.29) is 10.6 Å². The predicted molar refractivity (Wildman–Crippen MR) is 53.5 cm³/mol. The minimum atomic E-state index is -0.572. The average molecular weight is 223 g/mol. The second kappa shape index (κ2) is 4.82. The SMILES string of the molecule is Fc1ccc(F)c(CCCS)c1Cl. The maximum absolute atomic E-state index is 13.1. The molecule has 1 aromatic carbocycles. The number of hydrogen-bond donors (Lipinski definition) is 1. The average Bonchev–Trinajstić information content (AvgIpc) is 2.12. The quantitative estimate of drug-likeness (QED) is 0.588. The normalized spacial score (nSPS) is 10.5. The first kappa shape index (κ1) is 10.8. The molecule has 0 saturated heterocycles. The van der Waals surface area contributed by atoms with Gasteiger partial charge in [-0.1, -0.05) is 11.6 Å². The maximum Gasteiger partial charge on any atom is 0.142 e. The molecular formula is C9H9ClF2S. The zero-order valence-corrected chi connectivity index (χ0v) is 8.51. The molecule has 0 aliphatic heterocycles. The molecule has 0 atom stereocenters. The summed E-state index contributed by atoms with van der Waals surface area (Å²) < 4.78 is 25.9. The van der Waals surface area contributed by atoms with Crippen molar-refractivity contribution >= 4 is 24.2 Å². The van der Waals surface area contributed by atoms with Gasteiger partial charge in [0.1, 0.15) is 11.6 Å². The van der Waals surface area contributed by atoms with Crippen LogP contribution in [0.25, 0.3) is 0 Å². The van der Waals surface area contributed by atoms with Crippen LogP contribution < -0.4 is 0 Å². The van der Waals surface area contributed by atoms with Crippen LogP contribution in [0.2, 0.25) is 5.02 Å². The third kappa shape index (κ3) is 2.58. The summed E-state index contributed by atoms with van der Waals surface area (Å²) in [5, 5.41) is -0.109. The summed E-state index contributed by atoms with van der Waals surface area (Å²) in [6, 6.07) is 2.12. The first-order valence-corrected chi connectivity index (χ1v) is 4.91. The molecular weight excluding hydrogens is 214 g/mol. The van der Waals surface area contributed by atoms with Gasteiger partial charge in [0.25, 0.3) is 0 Å². The number of rotatable bonds is 3. The number of thiol groups is 1. The van der Waals surface area contributed by atoms with Crippen LogP contribution in [0.15, 0.2) is 12.1 Å². The fourth-order valence-electron chi connectivity index (χ4n) is 1.05. The molecule has 0 nitrogen and oxygen atoms in total. The molecule has 0 radical (unpaired) electrons. The van der Waals surface area contributed by atoms with Gasteiger partial charge in [0, 0.05) is 5.56 Å². The molecule has 0 amide bonds. The van der Waals surface area contributed by atoms with Gasteiger partial charge in [0.2, 0.25) is 0 Å². The van der Waals surface area contributed by atoms with Gasteiger partial charge in [-0.15, -0.1) is 0 Å². The molecule has 0 aliphatic carbocycles. The van der Waals surface area contributed by atoms with E-state index in [1.807, 2.05) is 0 Å². The van der Waals surface area contributed by atoms with Crippen LogP contribution in [0, 0.1) is 11.6 Å². The maximum atomic E-state index is 13.1. The summed E-state index contributed by atoms with van der Waals surface area (Å²) >= 11 is 9.58. The predicted octanol–water partition coefficient (Wildman–Crippen LogP) is 3.48. The Balaban J connectivity index is 2.96. The molecule has 0 aliphatic rings. The van der Waals surface area contributed by atoms with Gasteiger partial charge in [0.05, 0.1) is 5.02 Å². The van der Waals surface area contributed by atoms with Gasteiger partial charge in [-0.25, -0.2) is 8.78 Å². The smallest absolute Gasteiger partial charge is 0.142 e. The van der Waals surface area contributed by atoms with Crippen molar-refractivity contribution in [2.45, 2.75) is 12.8 Å². The fraction of sp³-hybridized carbons (Fsp3) is 0.333. The highest BCUT2D eigenvalue weighted by atomic mass is 35.5. The van der Waals surface area contributed by atoms with Gasteiger partial charge in [0.15, 0.2) is 0 Å². The van der Waals surface area contributed by atoms with Crippen LogP contribution in [-0.2, 0) is 6.42 Å². The minimum Gasteiger partial charge on any atom is -0.207 e. The molecule has 0 aromatic heterocycles. The molecule has 13 heavy (non-hydrogen) atoms. The number of benzene rings is 1. The molecule has 0 N–H and O–H groups in total. The van der Waals surface area contributed by atoms with E-state index in [0.717, 1.165) is 12.1 Å². The lowest BCUT2D eigenvalue weighted by Gasteiger charge is -2.05. The highest BCUT2D eigenvalue weighted by Crippen LogP contribution is 2.23. The van der Waals surface area contributed by atoms with Crippen LogP contribution in [-0.4, -0.2) is 5.75 Å². The Morgan fingerprint density at radius 3 is 2.46 bits per heavy atom. The van der Waals surface area contributed by atoms with E-state index in [2.05, 4.69) is 12.6 Å². The molecule has 1 aromatic rings. The zero-order valence-electron chi connectivity index (χ0n) is 6.86. The first-order valence-electron chi connectivity index (χ1n) is 3.90. The Kier molecular flexibility index (Phi) is 4.00. The Bertz CT molecular complexity index is 302. The summed E-state index contributed by atoms with van der Waals surface area (Å²) in [5.74, 6) is -0.392. The van der Waals surface area contributed by atoms with Crippen LogP contribution in [0.3, 0.4) is 0 Å². The van der Waals surface area contributed by atoms with Crippen molar-refractivity contribution < 1.29 is 8.78 Å². The lowest BCUT2D eigenvalue weighted by molar-refractivity contribution is 0.584. The van der Waals surface area contributed by atoms with E-state index >= 15 is 0 Å². The second-order valence-electron chi connectivity index (χ2n) is 2.65. The van der Waals surface area contributed by atoms with Crippen LogP contribution in [0.1, 0.15) is 12.0 Å². The zero-order chi connectivity index (χ0) is 9.84. The molecule has 0 bridgehead atoms. The summed E-state index contributed by atoms with van der Waals surface area (Å²) in [6.45, 7) is 0. The molecule has 0 unspecified atom stereocenters. The highest BCUT2D eigenvalue weighted by molar-refractivity contribution is 7.80. The Hall–Kier alpha value is -0.280. The van der Waals surface area contributed by atoms with Crippen molar-refractivity contribution in [1.82, 2.24) is 0 Å². The number of halogens is 3. The lowest BCUT2D eigenvalue weighted by Crippen LogP contribution is -1.95. The topological polar surface area (TPSA) is 0 Å². The third-order valence-corrected chi connectivity index (χ3v) is 2.45. The van der Waals surface area contributed by atoms with Gasteiger partial charge in [-0.2, -0.15) is 12.6 Å². The van der Waals surface area contributed by atoms with Crippen molar-refractivity contribution in [3.8, 4) is 0 Å². The lowest BCUT2D eigenvalue weighted by atomic mass is 10.1. The fourth-order valence-corrected chi connectivity index (χ4v) is 1.46. The van der Waals surface area contributed by atoms with Crippen molar-refractivity contribution in [2.24, 2.45) is 0 Å². The van der Waals surface area contributed by atoms with E-state index in [4.69, 9.17) is 11.6 Å². The molecule has 4 heteroatoms. The standard InChI is InChI=1S/C9H9ClF2S/c10-9-6(2-1-5-13)7(11)3-4-8(9)12/h3-4,13H,1-2,5H2. The van der Waals surface area contributed by atoms with E-state index < -0.39 is 11.6 Å². The molecule has 0 heterocycles. The van der Waals surface area contributed by atoms with Gasteiger partial charge < -0.3 is 0 Å². The third-order valence-electron chi connectivity index (χ3n) is 1.72. The van der Waals surface area contributed by atoms with E-state index in [0.29, 0.717) is 18.6 Å². The Morgan fingerprint density at radius 2 is 1.85 bits per heavy atom. The summed E-state index contributed by atoms with van der Waals surface area (Å²) in [6.07, 6.45) is 1.11. The molecule has 0 saturated carbocycles. The minimum absolute atomic E-state index is 0.109. The van der Waals surface area contributed by atoms with Crippen molar-refractivity contribution in [3.05, 3.63) is 34.4 Å². The Morgan fingerprint density at radius 1 is 1.23 bits per heavy atom.